The fraction of sp³-hybridized carbons (Fsp3) is 0.312. The van der Waals surface area contributed by atoms with Crippen LogP contribution in [0.2, 0.25) is 0 Å². The number of hydrogen-bond acceptors (Lipinski definition) is 3. The van der Waals surface area contributed by atoms with Crippen molar-refractivity contribution in [1.82, 2.24) is 14.7 Å². The highest BCUT2D eigenvalue weighted by Gasteiger charge is 2.19. The first-order valence-electron chi connectivity index (χ1n) is 7.25. The van der Waals surface area contributed by atoms with E-state index in [0.29, 0.717) is 11.3 Å². The third-order valence-electron chi connectivity index (χ3n) is 3.75. The van der Waals surface area contributed by atoms with Crippen LogP contribution in [-0.4, -0.2) is 33.7 Å². The van der Waals surface area contributed by atoms with E-state index < -0.39 is 0 Å². The smallest absolute Gasteiger partial charge is 0.267 e. The van der Waals surface area contributed by atoms with Gasteiger partial charge in [-0.2, -0.15) is 5.10 Å². The summed E-state index contributed by atoms with van der Waals surface area (Å²) in [5.41, 5.74) is 0.913. The molecule has 1 aliphatic heterocycles. The topological polar surface area (TPSA) is 55.2 Å². The van der Waals surface area contributed by atoms with Crippen LogP contribution in [0.1, 0.15) is 12.8 Å². The molecule has 0 unspecified atom stereocenters. The van der Waals surface area contributed by atoms with Crippen LogP contribution in [0.25, 0.3) is 11.3 Å². The van der Waals surface area contributed by atoms with Gasteiger partial charge in [-0.25, -0.2) is 9.07 Å². The molecule has 0 N–H and O–H groups in total. The summed E-state index contributed by atoms with van der Waals surface area (Å²) in [6.45, 7) is 1.42. The van der Waals surface area contributed by atoms with Crippen molar-refractivity contribution >= 4 is 5.91 Å². The van der Waals surface area contributed by atoms with Gasteiger partial charge in [0.05, 0.1) is 5.69 Å². The van der Waals surface area contributed by atoms with Gasteiger partial charge >= 0.3 is 0 Å². The van der Waals surface area contributed by atoms with E-state index in [9.17, 15) is 14.0 Å². The SMILES string of the molecule is O=C(Cn1nc(-c2ccc(F)cc2)ccc1=O)N1CCCC1. The number of likely N-dealkylation sites (tertiary alicyclic amines) is 1. The zero-order valence-corrected chi connectivity index (χ0v) is 12.0. The lowest BCUT2D eigenvalue weighted by atomic mass is 10.1. The van der Waals surface area contributed by atoms with E-state index in [2.05, 4.69) is 5.10 Å². The standard InChI is InChI=1S/C16H16FN3O2/c17-13-5-3-12(4-6-13)14-7-8-15(21)20(18-14)11-16(22)19-9-1-2-10-19/h3-8H,1-2,9-11H2. The Balaban J connectivity index is 1.85. The molecule has 0 aliphatic carbocycles. The normalized spacial score (nSPS) is 14.3. The summed E-state index contributed by atoms with van der Waals surface area (Å²) in [5.74, 6) is -0.426. The number of hydrogen-bond donors (Lipinski definition) is 0. The Bertz CT molecular complexity index is 734. The van der Waals surface area contributed by atoms with Gasteiger partial charge in [-0.3, -0.25) is 9.59 Å². The van der Waals surface area contributed by atoms with E-state index in [1.807, 2.05) is 0 Å². The zero-order valence-electron chi connectivity index (χ0n) is 12.0. The van der Waals surface area contributed by atoms with Gasteiger partial charge in [0, 0.05) is 24.7 Å². The molecule has 5 nitrogen and oxygen atoms in total. The molecule has 2 aromatic rings. The van der Waals surface area contributed by atoms with Gasteiger partial charge in [0.25, 0.3) is 5.56 Å². The minimum absolute atomic E-state index is 0.0616. The molecule has 2 heterocycles. The summed E-state index contributed by atoms with van der Waals surface area (Å²) in [6, 6.07) is 8.81. The fourth-order valence-corrected chi connectivity index (χ4v) is 2.53. The second-order valence-corrected chi connectivity index (χ2v) is 5.31. The van der Waals surface area contributed by atoms with Crippen LogP contribution in [0.4, 0.5) is 4.39 Å². The summed E-state index contributed by atoms with van der Waals surface area (Å²) in [4.78, 5) is 25.8. The first-order valence-corrected chi connectivity index (χ1v) is 7.25. The third-order valence-corrected chi connectivity index (χ3v) is 3.75. The molecule has 114 valence electrons. The number of benzene rings is 1. The Morgan fingerprint density at radius 2 is 1.77 bits per heavy atom. The Morgan fingerprint density at radius 3 is 2.45 bits per heavy atom. The van der Waals surface area contributed by atoms with Gasteiger partial charge in [-0.15, -0.1) is 0 Å². The number of carbonyl (C=O) groups is 1. The van der Waals surface area contributed by atoms with Crippen LogP contribution in [0.15, 0.2) is 41.2 Å². The molecule has 1 saturated heterocycles. The summed E-state index contributed by atoms with van der Waals surface area (Å²) >= 11 is 0. The molecule has 6 heteroatoms. The van der Waals surface area contributed by atoms with Gasteiger partial charge < -0.3 is 4.90 Å². The lowest BCUT2D eigenvalue weighted by Gasteiger charge is -2.15. The number of nitrogens with zero attached hydrogens (tertiary/aromatic N) is 3. The Morgan fingerprint density at radius 1 is 1.09 bits per heavy atom. The van der Waals surface area contributed by atoms with Gasteiger partial charge in [-0.1, -0.05) is 0 Å². The largest absolute Gasteiger partial charge is 0.341 e. The highest BCUT2D eigenvalue weighted by atomic mass is 19.1. The van der Waals surface area contributed by atoms with Crippen molar-refractivity contribution in [1.29, 1.82) is 0 Å². The molecule has 0 atom stereocenters. The van der Waals surface area contributed by atoms with E-state index >= 15 is 0 Å². The monoisotopic (exact) mass is 301 g/mol. The van der Waals surface area contributed by atoms with Crippen molar-refractivity contribution in [2.45, 2.75) is 19.4 Å². The predicted molar refractivity (Wildman–Crippen MR) is 79.7 cm³/mol. The van der Waals surface area contributed by atoms with Gasteiger partial charge in [0.1, 0.15) is 12.4 Å². The maximum Gasteiger partial charge on any atom is 0.267 e. The van der Waals surface area contributed by atoms with Crippen LogP contribution < -0.4 is 5.56 Å². The maximum atomic E-state index is 13.0. The first kappa shape index (κ1) is 14.4. The average molecular weight is 301 g/mol. The Kier molecular flexibility index (Phi) is 4.00. The van der Waals surface area contributed by atoms with Crippen LogP contribution in [0.3, 0.4) is 0 Å². The van der Waals surface area contributed by atoms with Crippen molar-refractivity contribution in [2.75, 3.05) is 13.1 Å². The van der Waals surface area contributed by atoms with Crippen molar-refractivity contribution in [3.63, 3.8) is 0 Å². The van der Waals surface area contributed by atoms with Crippen LogP contribution in [-0.2, 0) is 11.3 Å². The van der Waals surface area contributed by atoms with E-state index in [4.69, 9.17) is 0 Å². The van der Waals surface area contributed by atoms with E-state index in [1.165, 1.54) is 22.9 Å². The minimum atomic E-state index is -0.332. The van der Waals surface area contributed by atoms with Gasteiger partial charge in [0.15, 0.2) is 0 Å². The molecule has 1 aliphatic rings. The minimum Gasteiger partial charge on any atom is -0.341 e. The lowest BCUT2D eigenvalue weighted by molar-refractivity contribution is -0.131. The van der Waals surface area contributed by atoms with Crippen molar-refractivity contribution < 1.29 is 9.18 Å². The van der Waals surface area contributed by atoms with Crippen molar-refractivity contribution in [3.05, 3.63) is 52.6 Å². The fourth-order valence-electron chi connectivity index (χ4n) is 2.53. The van der Waals surface area contributed by atoms with Crippen LogP contribution in [0.5, 0.6) is 0 Å². The average Bonchev–Trinajstić information content (AvgIpc) is 3.05. The zero-order chi connectivity index (χ0) is 15.5. The quantitative estimate of drug-likeness (QED) is 0.866. The Hall–Kier alpha value is -2.50. The number of amides is 1. The van der Waals surface area contributed by atoms with E-state index in [1.54, 1.807) is 23.1 Å². The maximum absolute atomic E-state index is 13.0. The van der Waals surface area contributed by atoms with Crippen molar-refractivity contribution in [3.8, 4) is 11.3 Å². The second-order valence-electron chi connectivity index (χ2n) is 5.31. The van der Waals surface area contributed by atoms with Crippen LogP contribution in [0, 0.1) is 5.82 Å². The molecule has 1 aromatic carbocycles. The third kappa shape index (κ3) is 3.05. The van der Waals surface area contributed by atoms with Crippen molar-refractivity contribution in [2.24, 2.45) is 0 Å². The Labute approximate surface area is 127 Å². The molecule has 0 saturated carbocycles. The van der Waals surface area contributed by atoms with E-state index in [0.717, 1.165) is 25.9 Å². The predicted octanol–water partition coefficient (Wildman–Crippen LogP) is 1.67. The summed E-state index contributed by atoms with van der Waals surface area (Å²) < 4.78 is 14.1. The number of carbonyl (C=O) groups excluding carboxylic acids is 1. The van der Waals surface area contributed by atoms with Crippen LogP contribution >= 0.6 is 0 Å². The van der Waals surface area contributed by atoms with Gasteiger partial charge in [0.2, 0.25) is 5.91 Å². The lowest BCUT2D eigenvalue weighted by Crippen LogP contribution is -2.35. The van der Waals surface area contributed by atoms with E-state index in [-0.39, 0.29) is 23.8 Å². The molecule has 1 fully saturated rings. The summed E-state index contributed by atoms with van der Waals surface area (Å²) in [5, 5.41) is 4.22. The molecule has 0 spiro atoms. The molecular formula is C16H16FN3O2. The number of rotatable bonds is 3. The second kappa shape index (κ2) is 6.09. The molecule has 22 heavy (non-hydrogen) atoms. The molecular weight excluding hydrogens is 285 g/mol. The molecule has 3 rings (SSSR count). The molecule has 1 amide bonds. The number of halogens is 1. The molecule has 1 aromatic heterocycles. The van der Waals surface area contributed by atoms with Gasteiger partial charge in [-0.05, 0) is 43.2 Å². The summed E-state index contributed by atoms with van der Waals surface area (Å²) in [7, 11) is 0. The highest BCUT2D eigenvalue weighted by molar-refractivity contribution is 5.76. The number of aromatic nitrogens is 2. The molecule has 0 radical (unpaired) electrons. The first-order chi connectivity index (χ1) is 10.6. The highest BCUT2D eigenvalue weighted by Crippen LogP contribution is 2.15. The summed E-state index contributed by atoms with van der Waals surface area (Å²) in [6.07, 6.45) is 2.01. The molecule has 0 bridgehead atoms.